The minimum Gasteiger partial charge on any atom is -0.482 e. The molecule has 6 N–H and O–H groups in total. The summed E-state index contributed by atoms with van der Waals surface area (Å²) in [4.78, 5) is 65.1. The largest absolute Gasteiger partial charge is 0.482 e. The van der Waals surface area contributed by atoms with E-state index in [0.717, 1.165) is 0 Å². The smallest absolute Gasteiger partial charge is 0.344 e. The third-order valence-electron chi connectivity index (χ3n) is 6.95. The second kappa shape index (κ2) is 14.3. The SMILES string of the molecule is CC(C)C[C@H](N)[C@@H](O)CC(C(=O)NC(=O)[C@@]1(CCN)C(=O)C[C@H](OC(=O)COc2ccccc2)C1=O)C(C)C. The third-order valence-corrected chi connectivity index (χ3v) is 6.95. The summed E-state index contributed by atoms with van der Waals surface area (Å²) in [5, 5.41) is 12.8. The number of nitrogens with two attached hydrogens (primary N) is 2. The summed E-state index contributed by atoms with van der Waals surface area (Å²) in [7, 11) is 0. The van der Waals surface area contributed by atoms with Crippen molar-refractivity contribution in [3.8, 4) is 5.75 Å². The lowest BCUT2D eigenvalue weighted by molar-refractivity contribution is -0.159. The Balaban J connectivity index is 2.12. The van der Waals surface area contributed by atoms with E-state index in [0.29, 0.717) is 12.2 Å². The summed E-state index contributed by atoms with van der Waals surface area (Å²) < 4.78 is 10.5. The van der Waals surface area contributed by atoms with E-state index in [1.54, 1.807) is 44.2 Å². The fourth-order valence-electron chi connectivity index (χ4n) is 4.76. The Morgan fingerprint density at radius 1 is 1.10 bits per heavy atom. The van der Waals surface area contributed by atoms with Gasteiger partial charge in [-0.2, -0.15) is 0 Å². The van der Waals surface area contributed by atoms with Crippen molar-refractivity contribution >= 4 is 29.4 Å². The van der Waals surface area contributed by atoms with Gasteiger partial charge < -0.3 is 26.0 Å². The molecule has 1 aromatic rings. The lowest BCUT2D eigenvalue weighted by Gasteiger charge is -2.29. The molecule has 216 valence electrons. The van der Waals surface area contributed by atoms with Gasteiger partial charge in [-0.25, -0.2) is 4.79 Å². The minimum absolute atomic E-state index is 0.00188. The van der Waals surface area contributed by atoms with E-state index in [1.807, 2.05) is 13.8 Å². The maximum Gasteiger partial charge on any atom is 0.344 e. The van der Waals surface area contributed by atoms with Crippen LogP contribution in [0.25, 0.3) is 0 Å². The standard InChI is InChI=1S/C28H41N3O8/c1-16(2)12-20(30)21(32)13-19(17(3)4)26(36)31-27(37)28(10-11-29)23(33)14-22(25(28)35)39-24(34)15-38-18-8-6-5-7-9-18/h5-9,16-17,19-22,32H,10-15,29-30H2,1-4H3,(H,31,36,37)/t19?,20-,21-,22-,28-/m0/s1. The number of benzene rings is 1. The maximum absolute atomic E-state index is 13.3. The Morgan fingerprint density at radius 3 is 2.31 bits per heavy atom. The lowest BCUT2D eigenvalue weighted by atomic mass is 9.79. The van der Waals surface area contributed by atoms with Crippen LogP contribution < -0.4 is 21.5 Å². The number of para-hydroxylation sites is 1. The van der Waals surface area contributed by atoms with Gasteiger partial charge >= 0.3 is 5.97 Å². The van der Waals surface area contributed by atoms with E-state index in [2.05, 4.69) is 5.32 Å². The second-order valence-electron chi connectivity index (χ2n) is 10.8. The topological polar surface area (TPSA) is 188 Å². The van der Waals surface area contributed by atoms with Crippen LogP contribution >= 0.6 is 0 Å². The Kier molecular flexibility index (Phi) is 11.8. The second-order valence-corrected chi connectivity index (χ2v) is 10.8. The first-order valence-corrected chi connectivity index (χ1v) is 13.3. The van der Waals surface area contributed by atoms with Gasteiger partial charge in [-0.1, -0.05) is 45.9 Å². The minimum atomic E-state index is -2.26. The van der Waals surface area contributed by atoms with E-state index < -0.39 is 72.0 Å². The van der Waals surface area contributed by atoms with Crippen LogP contribution in [0.5, 0.6) is 5.75 Å². The number of aliphatic hydroxyl groups is 1. The number of esters is 1. The molecule has 1 aliphatic carbocycles. The molecule has 11 nitrogen and oxygen atoms in total. The number of Topliss-reactive ketones (excluding diaryl/α,β-unsaturated/α-hetero) is 2. The van der Waals surface area contributed by atoms with Crippen molar-refractivity contribution in [3.05, 3.63) is 30.3 Å². The molecule has 2 rings (SSSR count). The number of aliphatic hydroxyl groups excluding tert-OH is 1. The molecule has 0 aliphatic heterocycles. The number of carbonyl (C=O) groups is 5. The van der Waals surface area contributed by atoms with E-state index in [4.69, 9.17) is 20.9 Å². The molecule has 1 saturated carbocycles. The fraction of sp³-hybridized carbons (Fsp3) is 0.607. The number of carbonyl (C=O) groups excluding carboxylic acids is 5. The summed E-state index contributed by atoms with van der Waals surface area (Å²) >= 11 is 0. The van der Waals surface area contributed by atoms with Gasteiger partial charge in [0, 0.05) is 12.0 Å². The number of amides is 2. The Labute approximate surface area is 229 Å². The molecule has 1 fully saturated rings. The summed E-state index contributed by atoms with van der Waals surface area (Å²) in [6, 6.07) is 7.90. The number of imide groups is 1. The normalized spacial score (nSPS) is 21.5. The van der Waals surface area contributed by atoms with E-state index in [-0.39, 0.29) is 31.2 Å². The average Bonchev–Trinajstić information content (AvgIpc) is 3.10. The maximum atomic E-state index is 13.3. The highest BCUT2D eigenvalue weighted by Crippen LogP contribution is 2.37. The van der Waals surface area contributed by atoms with Crippen molar-refractivity contribution in [3.63, 3.8) is 0 Å². The molecule has 0 bridgehead atoms. The molecule has 0 spiro atoms. The summed E-state index contributed by atoms with van der Waals surface area (Å²) in [6.45, 7) is 6.73. The van der Waals surface area contributed by atoms with Crippen LogP contribution in [0.1, 0.15) is 53.4 Å². The highest BCUT2D eigenvalue weighted by Gasteiger charge is 2.61. The highest BCUT2D eigenvalue weighted by atomic mass is 16.6. The van der Waals surface area contributed by atoms with Gasteiger partial charge in [-0.3, -0.25) is 24.5 Å². The predicted molar refractivity (Wildman–Crippen MR) is 142 cm³/mol. The van der Waals surface area contributed by atoms with Crippen molar-refractivity contribution in [2.45, 2.75) is 71.6 Å². The van der Waals surface area contributed by atoms with Crippen LogP contribution in [-0.2, 0) is 28.7 Å². The van der Waals surface area contributed by atoms with E-state index in [9.17, 15) is 29.1 Å². The summed E-state index contributed by atoms with van der Waals surface area (Å²) in [6.07, 6.45) is -2.83. The number of rotatable bonds is 14. The van der Waals surface area contributed by atoms with Crippen LogP contribution in [-0.4, -0.2) is 65.9 Å². The van der Waals surface area contributed by atoms with Gasteiger partial charge in [0.05, 0.1) is 12.5 Å². The van der Waals surface area contributed by atoms with E-state index >= 15 is 0 Å². The van der Waals surface area contributed by atoms with Crippen molar-refractivity contribution in [2.75, 3.05) is 13.2 Å². The quantitative estimate of drug-likeness (QED) is 0.192. The number of nitrogens with one attached hydrogen (secondary N) is 1. The first kappa shape index (κ1) is 32.1. The van der Waals surface area contributed by atoms with Crippen LogP contribution in [0.3, 0.4) is 0 Å². The van der Waals surface area contributed by atoms with Gasteiger partial charge in [-0.15, -0.1) is 0 Å². The molecule has 2 amide bonds. The molecule has 0 radical (unpaired) electrons. The van der Waals surface area contributed by atoms with Crippen LogP contribution in [0.2, 0.25) is 0 Å². The first-order chi connectivity index (χ1) is 18.3. The van der Waals surface area contributed by atoms with Gasteiger partial charge in [-0.05, 0) is 49.8 Å². The number of ether oxygens (including phenoxy) is 2. The molecule has 1 aromatic carbocycles. The first-order valence-electron chi connectivity index (χ1n) is 13.3. The lowest BCUT2D eigenvalue weighted by Crippen LogP contribution is -2.54. The number of ketones is 2. The fourth-order valence-corrected chi connectivity index (χ4v) is 4.76. The summed E-state index contributed by atoms with van der Waals surface area (Å²) in [5.41, 5.74) is 9.46. The zero-order valence-corrected chi connectivity index (χ0v) is 23.1. The van der Waals surface area contributed by atoms with Crippen molar-refractivity contribution < 1.29 is 38.6 Å². The van der Waals surface area contributed by atoms with Crippen molar-refractivity contribution in [2.24, 2.45) is 34.6 Å². The molecule has 0 heterocycles. The Hall–Kier alpha value is -3.15. The zero-order valence-electron chi connectivity index (χ0n) is 23.1. The predicted octanol–water partition coefficient (Wildman–Crippen LogP) is 0.894. The monoisotopic (exact) mass is 547 g/mol. The molecule has 0 saturated heterocycles. The van der Waals surface area contributed by atoms with Crippen LogP contribution in [0, 0.1) is 23.2 Å². The molecule has 0 aromatic heterocycles. The Morgan fingerprint density at radius 2 is 1.74 bits per heavy atom. The summed E-state index contributed by atoms with van der Waals surface area (Å²) in [5.74, 6) is -4.90. The molecule has 1 unspecified atom stereocenters. The van der Waals surface area contributed by atoms with Crippen molar-refractivity contribution in [1.82, 2.24) is 5.32 Å². The van der Waals surface area contributed by atoms with Crippen LogP contribution in [0.15, 0.2) is 30.3 Å². The molecule has 11 heteroatoms. The molecule has 1 aliphatic rings. The van der Waals surface area contributed by atoms with E-state index in [1.165, 1.54) is 0 Å². The van der Waals surface area contributed by atoms with Crippen LogP contribution in [0.4, 0.5) is 0 Å². The number of hydrogen-bond acceptors (Lipinski definition) is 10. The van der Waals surface area contributed by atoms with Gasteiger partial charge in [0.25, 0.3) is 0 Å². The Bertz CT molecular complexity index is 1030. The van der Waals surface area contributed by atoms with Gasteiger partial charge in [0.2, 0.25) is 11.8 Å². The highest BCUT2D eigenvalue weighted by molar-refractivity contribution is 6.30. The molecular weight excluding hydrogens is 506 g/mol. The van der Waals surface area contributed by atoms with Gasteiger partial charge in [0.15, 0.2) is 29.7 Å². The third kappa shape index (κ3) is 8.17. The molecule has 5 atom stereocenters. The van der Waals surface area contributed by atoms with Gasteiger partial charge in [0.1, 0.15) is 5.75 Å². The van der Waals surface area contributed by atoms with Crippen molar-refractivity contribution in [1.29, 1.82) is 0 Å². The average molecular weight is 548 g/mol. The molecular formula is C28H41N3O8. The zero-order chi connectivity index (χ0) is 29.3. The number of hydrogen-bond donors (Lipinski definition) is 4. The molecule has 39 heavy (non-hydrogen) atoms.